The lowest BCUT2D eigenvalue weighted by Crippen LogP contribution is -2.17. The molecule has 0 radical (unpaired) electrons. The van der Waals surface area contributed by atoms with Crippen molar-refractivity contribution in [2.45, 2.75) is 19.5 Å². The highest BCUT2D eigenvalue weighted by Gasteiger charge is 2.06. The summed E-state index contributed by atoms with van der Waals surface area (Å²) in [7, 11) is 0. The van der Waals surface area contributed by atoms with Gasteiger partial charge in [0.2, 0.25) is 0 Å². The Balaban J connectivity index is 1.98. The van der Waals surface area contributed by atoms with Crippen LogP contribution >= 0.6 is 0 Å². The Bertz CT molecular complexity index is 555. The minimum absolute atomic E-state index is 0.0662. The summed E-state index contributed by atoms with van der Waals surface area (Å²) >= 11 is 0. The SMILES string of the molecule is C[C@@H](NCc1ccc(O)c(O)c1)c1ccc(F)cc1. The third kappa shape index (κ3) is 3.45. The maximum atomic E-state index is 12.8. The van der Waals surface area contributed by atoms with Gasteiger partial charge in [-0.15, -0.1) is 0 Å². The van der Waals surface area contributed by atoms with Gasteiger partial charge in [0, 0.05) is 12.6 Å². The van der Waals surface area contributed by atoms with Gasteiger partial charge in [0.25, 0.3) is 0 Å². The standard InChI is InChI=1S/C15H16FNO2/c1-10(12-3-5-13(16)6-4-12)17-9-11-2-7-14(18)15(19)8-11/h2-8,10,17-19H,9H2,1H3/t10-/m1/s1. The summed E-state index contributed by atoms with van der Waals surface area (Å²) in [6.45, 7) is 2.53. The van der Waals surface area contributed by atoms with E-state index in [-0.39, 0.29) is 23.4 Å². The number of aromatic hydroxyl groups is 2. The van der Waals surface area contributed by atoms with Crippen LogP contribution in [0.5, 0.6) is 11.5 Å². The lowest BCUT2D eigenvalue weighted by Gasteiger charge is -2.14. The largest absolute Gasteiger partial charge is 0.504 e. The Morgan fingerprint density at radius 3 is 2.37 bits per heavy atom. The lowest BCUT2D eigenvalue weighted by atomic mass is 10.1. The fourth-order valence-electron chi connectivity index (χ4n) is 1.82. The monoisotopic (exact) mass is 261 g/mol. The summed E-state index contributed by atoms with van der Waals surface area (Å²) in [4.78, 5) is 0. The zero-order valence-electron chi connectivity index (χ0n) is 10.6. The van der Waals surface area contributed by atoms with E-state index in [9.17, 15) is 14.6 Å². The molecule has 0 aliphatic rings. The van der Waals surface area contributed by atoms with Crippen LogP contribution in [0.15, 0.2) is 42.5 Å². The molecular formula is C15H16FNO2. The number of rotatable bonds is 4. The molecule has 0 bridgehead atoms. The van der Waals surface area contributed by atoms with Crippen molar-refractivity contribution < 1.29 is 14.6 Å². The summed E-state index contributed by atoms with van der Waals surface area (Å²) in [5, 5.41) is 21.9. The van der Waals surface area contributed by atoms with Gasteiger partial charge in [0.15, 0.2) is 11.5 Å². The van der Waals surface area contributed by atoms with Crippen LogP contribution in [0.1, 0.15) is 24.1 Å². The van der Waals surface area contributed by atoms with E-state index in [1.807, 2.05) is 6.92 Å². The Morgan fingerprint density at radius 1 is 1.05 bits per heavy atom. The Morgan fingerprint density at radius 2 is 1.74 bits per heavy atom. The molecule has 3 nitrogen and oxygen atoms in total. The van der Waals surface area contributed by atoms with Gasteiger partial charge < -0.3 is 15.5 Å². The maximum Gasteiger partial charge on any atom is 0.157 e. The zero-order valence-corrected chi connectivity index (χ0v) is 10.6. The molecule has 0 spiro atoms. The fraction of sp³-hybridized carbons (Fsp3) is 0.200. The highest BCUT2D eigenvalue weighted by Crippen LogP contribution is 2.25. The van der Waals surface area contributed by atoms with E-state index in [2.05, 4.69) is 5.32 Å². The van der Waals surface area contributed by atoms with Crippen LogP contribution in [-0.2, 0) is 6.54 Å². The van der Waals surface area contributed by atoms with Crippen molar-refractivity contribution in [3.8, 4) is 11.5 Å². The predicted molar refractivity (Wildman–Crippen MR) is 71.4 cm³/mol. The molecule has 100 valence electrons. The molecule has 2 aromatic rings. The average Bonchev–Trinajstić information content (AvgIpc) is 2.40. The molecule has 1 atom stereocenters. The van der Waals surface area contributed by atoms with Gasteiger partial charge in [-0.3, -0.25) is 0 Å². The molecule has 3 N–H and O–H groups in total. The van der Waals surface area contributed by atoms with Gasteiger partial charge >= 0.3 is 0 Å². The normalized spacial score (nSPS) is 12.3. The third-order valence-electron chi connectivity index (χ3n) is 3.02. The van der Waals surface area contributed by atoms with Gasteiger partial charge in [0.1, 0.15) is 5.82 Å². The number of hydrogen-bond donors (Lipinski definition) is 3. The van der Waals surface area contributed by atoms with Gasteiger partial charge in [0.05, 0.1) is 0 Å². The summed E-state index contributed by atoms with van der Waals surface area (Å²) in [6.07, 6.45) is 0. The predicted octanol–water partition coefficient (Wildman–Crippen LogP) is 3.09. The zero-order chi connectivity index (χ0) is 13.8. The number of hydrogen-bond acceptors (Lipinski definition) is 3. The summed E-state index contributed by atoms with van der Waals surface area (Å²) < 4.78 is 12.8. The van der Waals surface area contributed by atoms with Crippen LogP contribution in [0, 0.1) is 5.82 Å². The van der Waals surface area contributed by atoms with Crippen LogP contribution in [0.4, 0.5) is 4.39 Å². The number of phenols is 2. The summed E-state index contributed by atoms with van der Waals surface area (Å²) in [6, 6.07) is 11.1. The fourth-order valence-corrected chi connectivity index (χ4v) is 1.82. The molecule has 0 aromatic heterocycles. The molecule has 0 saturated heterocycles. The second-order valence-corrected chi connectivity index (χ2v) is 4.48. The van der Waals surface area contributed by atoms with Crippen molar-refractivity contribution >= 4 is 0 Å². The van der Waals surface area contributed by atoms with Crippen molar-refractivity contribution in [3.63, 3.8) is 0 Å². The number of nitrogens with one attached hydrogen (secondary N) is 1. The first-order chi connectivity index (χ1) is 9.06. The molecule has 0 aliphatic heterocycles. The minimum atomic E-state index is -0.251. The van der Waals surface area contributed by atoms with Crippen molar-refractivity contribution in [1.29, 1.82) is 0 Å². The van der Waals surface area contributed by atoms with Crippen molar-refractivity contribution in [2.75, 3.05) is 0 Å². The van der Waals surface area contributed by atoms with Gasteiger partial charge in [-0.25, -0.2) is 4.39 Å². The molecule has 0 aliphatic carbocycles. The van der Waals surface area contributed by atoms with Crippen LogP contribution in [-0.4, -0.2) is 10.2 Å². The molecule has 0 saturated carbocycles. The Labute approximate surface area is 111 Å². The molecule has 0 unspecified atom stereocenters. The first kappa shape index (κ1) is 13.4. The number of halogens is 1. The van der Waals surface area contributed by atoms with Crippen LogP contribution < -0.4 is 5.32 Å². The van der Waals surface area contributed by atoms with Gasteiger partial charge in [-0.2, -0.15) is 0 Å². The van der Waals surface area contributed by atoms with Gasteiger partial charge in [-0.05, 0) is 42.3 Å². The summed E-state index contributed by atoms with van der Waals surface area (Å²) in [5.41, 5.74) is 1.86. The van der Waals surface area contributed by atoms with E-state index >= 15 is 0 Å². The van der Waals surface area contributed by atoms with E-state index in [0.717, 1.165) is 11.1 Å². The smallest absolute Gasteiger partial charge is 0.157 e. The molecule has 0 fully saturated rings. The van der Waals surface area contributed by atoms with E-state index in [1.54, 1.807) is 18.2 Å². The number of phenolic OH excluding ortho intramolecular Hbond substituents is 2. The second kappa shape index (κ2) is 5.71. The molecule has 0 amide bonds. The van der Waals surface area contributed by atoms with E-state index < -0.39 is 0 Å². The van der Waals surface area contributed by atoms with Crippen molar-refractivity contribution in [2.24, 2.45) is 0 Å². The second-order valence-electron chi connectivity index (χ2n) is 4.48. The Hall–Kier alpha value is -2.07. The molecular weight excluding hydrogens is 245 g/mol. The van der Waals surface area contributed by atoms with E-state index in [0.29, 0.717) is 6.54 Å². The van der Waals surface area contributed by atoms with Crippen LogP contribution in [0.3, 0.4) is 0 Å². The molecule has 2 aromatic carbocycles. The average molecular weight is 261 g/mol. The van der Waals surface area contributed by atoms with E-state index in [4.69, 9.17) is 0 Å². The number of benzene rings is 2. The Kier molecular flexibility index (Phi) is 4.02. The van der Waals surface area contributed by atoms with Gasteiger partial charge in [-0.1, -0.05) is 18.2 Å². The maximum absolute atomic E-state index is 12.8. The van der Waals surface area contributed by atoms with Crippen LogP contribution in [0.25, 0.3) is 0 Å². The first-order valence-electron chi connectivity index (χ1n) is 6.06. The van der Waals surface area contributed by atoms with Crippen molar-refractivity contribution in [1.82, 2.24) is 5.32 Å². The lowest BCUT2D eigenvalue weighted by molar-refractivity contribution is 0.402. The first-order valence-corrected chi connectivity index (χ1v) is 6.06. The quantitative estimate of drug-likeness (QED) is 0.741. The molecule has 2 rings (SSSR count). The molecule has 0 heterocycles. The topological polar surface area (TPSA) is 52.5 Å². The summed E-state index contributed by atoms with van der Waals surface area (Å²) in [5.74, 6) is -0.511. The van der Waals surface area contributed by atoms with Crippen LogP contribution in [0.2, 0.25) is 0 Å². The molecule has 4 heteroatoms. The van der Waals surface area contributed by atoms with Crippen molar-refractivity contribution in [3.05, 3.63) is 59.4 Å². The minimum Gasteiger partial charge on any atom is -0.504 e. The van der Waals surface area contributed by atoms with E-state index in [1.165, 1.54) is 24.3 Å². The molecule has 19 heavy (non-hydrogen) atoms. The highest BCUT2D eigenvalue weighted by molar-refractivity contribution is 5.40. The highest BCUT2D eigenvalue weighted by atomic mass is 19.1. The third-order valence-corrected chi connectivity index (χ3v) is 3.02.